The molecule has 0 bridgehead atoms. The topological polar surface area (TPSA) is 51.2 Å². The van der Waals surface area contributed by atoms with Gasteiger partial charge in [-0.15, -0.1) is 0 Å². The molecule has 128 valence electrons. The van der Waals surface area contributed by atoms with Gasteiger partial charge in [-0.05, 0) is 12.1 Å². The highest BCUT2D eigenvalue weighted by atomic mass is 16.2. The van der Waals surface area contributed by atoms with Gasteiger partial charge in [0.15, 0.2) is 0 Å². The second-order valence-corrected chi connectivity index (χ2v) is 7.12. The minimum Gasteiger partial charge on any atom is -0.362 e. The molecule has 1 aromatic carbocycles. The summed E-state index contributed by atoms with van der Waals surface area (Å²) in [7, 11) is 3.64. The molecule has 1 spiro atoms. The summed E-state index contributed by atoms with van der Waals surface area (Å²) in [5, 5.41) is 3.80. The molecule has 4 rings (SSSR count). The summed E-state index contributed by atoms with van der Waals surface area (Å²) in [5.41, 5.74) is 2.35. The molecule has 0 radical (unpaired) electrons. The van der Waals surface area contributed by atoms with E-state index in [1.807, 2.05) is 14.1 Å². The van der Waals surface area contributed by atoms with E-state index >= 15 is 0 Å². The predicted octanol–water partition coefficient (Wildman–Crippen LogP) is 1.05. The summed E-state index contributed by atoms with van der Waals surface area (Å²) < 4.78 is 0. The molecule has 1 fully saturated rings. The van der Waals surface area contributed by atoms with Crippen molar-refractivity contribution in [2.45, 2.75) is 18.5 Å². The van der Waals surface area contributed by atoms with Crippen molar-refractivity contribution >= 4 is 17.4 Å². The van der Waals surface area contributed by atoms with E-state index < -0.39 is 0 Å². The molecule has 1 N–H and O–H groups in total. The maximum Gasteiger partial charge on any atom is 0.236 e. The van der Waals surface area contributed by atoms with Gasteiger partial charge in [-0.25, -0.2) is 0 Å². The number of carbonyl (C=O) groups excluding carboxylic acids is 1. The van der Waals surface area contributed by atoms with Gasteiger partial charge < -0.3 is 15.1 Å². The van der Waals surface area contributed by atoms with Crippen molar-refractivity contribution in [3.8, 4) is 0 Å². The van der Waals surface area contributed by atoms with Crippen molar-refractivity contribution in [1.82, 2.24) is 14.7 Å². The van der Waals surface area contributed by atoms with Crippen LogP contribution in [0.2, 0.25) is 0 Å². The number of fused-ring (bicyclic) bond motifs is 4. The Kier molecular flexibility index (Phi) is 3.72. The molecule has 0 atom stereocenters. The lowest BCUT2D eigenvalue weighted by Gasteiger charge is -2.52. The van der Waals surface area contributed by atoms with Gasteiger partial charge in [-0.1, -0.05) is 12.1 Å². The lowest BCUT2D eigenvalue weighted by Crippen LogP contribution is -2.63. The van der Waals surface area contributed by atoms with Crippen molar-refractivity contribution in [1.29, 1.82) is 0 Å². The Morgan fingerprint density at radius 2 is 2.00 bits per heavy atom. The maximum absolute atomic E-state index is 12.0. The largest absolute Gasteiger partial charge is 0.362 e. The number of likely N-dealkylation sites (N-methyl/N-ethyl adjacent to an activating group) is 1. The molecular formula is C18H25N5O. The number of benzene rings is 1. The number of hydrogen-bond acceptors (Lipinski definition) is 5. The monoisotopic (exact) mass is 327 g/mol. The Morgan fingerprint density at radius 1 is 1.25 bits per heavy atom. The van der Waals surface area contributed by atoms with E-state index in [0.717, 1.165) is 44.9 Å². The average molecular weight is 327 g/mol. The predicted molar refractivity (Wildman–Crippen MR) is 95.3 cm³/mol. The van der Waals surface area contributed by atoms with Crippen molar-refractivity contribution in [2.75, 3.05) is 52.1 Å². The number of anilines is 1. The zero-order valence-electron chi connectivity index (χ0n) is 14.5. The summed E-state index contributed by atoms with van der Waals surface area (Å²) in [4.78, 5) is 23.1. The Hall–Kier alpha value is -2.08. The van der Waals surface area contributed by atoms with Gasteiger partial charge in [0.1, 0.15) is 11.5 Å². The molecule has 0 saturated carbocycles. The third-order valence-electron chi connectivity index (χ3n) is 5.43. The molecule has 0 unspecified atom stereocenters. The summed E-state index contributed by atoms with van der Waals surface area (Å²) in [6, 6.07) is 8.46. The third kappa shape index (κ3) is 2.45. The minimum absolute atomic E-state index is 0.0542. The molecule has 3 heterocycles. The molecule has 6 nitrogen and oxygen atoms in total. The van der Waals surface area contributed by atoms with Crippen molar-refractivity contribution in [2.24, 2.45) is 4.99 Å². The molecule has 1 aromatic rings. The molecule has 3 aliphatic rings. The maximum atomic E-state index is 12.0. The van der Waals surface area contributed by atoms with Gasteiger partial charge in [0.25, 0.3) is 0 Å². The van der Waals surface area contributed by atoms with Crippen LogP contribution in [-0.2, 0) is 4.79 Å². The molecule has 24 heavy (non-hydrogen) atoms. The van der Waals surface area contributed by atoms with Gasteiger partial charge in [-0.2, -0.15) is 0 Å². The van der Waals surface area contributed by atoms with Crippen molar-refractivity contribution in [3.63, 3.8) is 0 Å². The number of piperidine rings is 1. The first kappa shape index (κ1) is 15.4. The number of amides is 1. The number of carbonyl (C=O) groups is 1. The summed E-state index contributed by atoms with van der Waals surface area (Å²) in [6.45, 7) is 4.22. The van der Waals surface area contributed by atoms with E-state index in [1.165, 1.54) is 11.3 Å². The van der Waals surface area contributed by atoms with Crippen LogP contribution >= 0.6 is 0 Å². The van der Waals surface area contributed by atoms with E-state index in [2.05, 4.69) is 39.4 Å². The highest BCUT2D eigenvalue weighted by Gasteiger charge is 2.46. The SMILES string of the molecule is CN(C)C(=O)CN1CCC2(CC1)Nc1ccccc1C1=NCCN12. The number of nitrogens with one attached hydrogen (secondary N) is 1. The number of aliphatic imine (C=N–C) groups is 1. The molecule has 1 saturated heterocycles. The lowest BCUT2D eigenvalue weighted by atomic mass is 9.90. The van der Waals surface area contributed by atoms with E-state index in [-0.39, 0.29) is 11.6 Å². The standard InChI is InChI=1S/C18H25N5O/c1-21(2)16(24)13-22-10-7-18(8-11-22)20-15-6-4-3-5-14(15)17-19-9-12-23(17)18/h3-6,20H,7-13H2,1-2H3. The Morgan fingerprint density at radius 3 is 2.75 bits per heavy atom. The molecule has 0 aliphatic carbocycles. The summed E-state index contributed by atoms with van der Waals surface area (Å²) >= 11 is 0. The highest BCUT2D eigenvalue weighted by Crippen LogP contribution is 2.39. The van der Waals surface area contributed by atoms with Crippen LogP contribution in [0.25, 0.3) is 0 Å². The summed E-state index contributed by atoms with van der Waals surface area (Å²) in [5.74, 6) is 1.32. The minimum atomic E-state index is -0.0542. The quantitative estimate of drug-likeness (QED) is 0.882. The van der Waals surface area contributed by atoms with Gasteiger partial charge in [0.05, 0.1) is 13.1 Å². The normalized spacial score (nSPS) is 21.8. The van der Waals surface area contributed by atoms with Crippen molar-refractivity contribution < 1.29 is 4.79 Å². The van der Waals surface area contributed by atoms with E-state index in [9.17, 15) is 4.79 Å². The number of hydrogen-bond donors (Lipinski definition) is 1. The average Bonchev–Trinajstić information content (AvgIpc) is 3.08. The Labute approximate surface area is 143 Å². The molecular weight excluding hydrogens is 302 g/mol. The molecule has 3 aliphatic heterocycles. The fourth-order valence-electron chi connectivity index (χ4n) is 4.01. The van der Waals surface area contributed by atoms with Crippen LogP contribution in [0.5, 0.6) is 0 Å². The van der Waals surface area contributed by atoms with Gasteiger partial charge in [-0.3, -0.25) is 14.7 Å². The van der Waals surface area contributed by atoms with Crippen LogP contribution in [0.3, 0.4) is 0 Å². The van der Waals surface area contributed by atoms with E-state index in [1.54, 1.807) is 4.90 Å². The highest BCUT2D eigenvalue weighted by molar-refractivity contribution is 6.06. The number of para-hydroxylation sites is 1. The van der Waals surface area contributed by atoms with Crippen LogP contribution in [0.1, 0.15) is 18.4 Å². The fraction of sp³-hybridized carbons (Fsp3) is 0.556. The molecule has 0 aromatic heterocycles. The lowest BCUT2D eigenvalue weighted by molar-refractivity contribution is -0.130. The smallest absolute Gasteiger partial charge is 0.236 e. The number of amidine groups is 1. The van der Waals surface area contributed by atoms with Gasteiger partial charge in [0.2, 0.25) is 5.91 Å². The Bertz CT molecular complexity index is 676. The van der Waals surface area contributed by atoms with Crippen molar-refractivity contribution in [3.05, 3.63) is 29.8 Å². The van der Waals surface area contributed by atoms with Crippen LogP contribution in [0.4, 0.5) is 5.69 Å². The van der Waals surface area contributed by atoms with Crippen LogP contribution in [0.15, 0.2) is 29.3 Å². The second kappa shape index (κ2) is 5.77. The van der Waals surface area contributed by atoms with Crippen LogP contribution < -0.4 is 5.32 Å². The number of rotatable bonds is 2. The summed E-state index contributed by atoms with van der Waals surface area (Å²) in [6.07, 6.45) is 2.00. The first-order valence-electron chi connectivity index (χ1n) is 8.71. The van der Waals surface area contributed by atoms with E-state index in [0.29, 0.717) is 6.54 Å². The van der Waals surface area contributed by atoms with Gasteiger partial charge >= 0.3 is 0 Å². The molecule has 6 heteroatoms. The van der Waals surface area contributed by atoms with Gasteiger partial charge in [0, 0.05) is 57.8 Å². The van der Waals surface area contributed by atoms with Crippen LogP contribution in [0, 0.1) is 0 Å². The van der Waals surface area contributed by atoms with E-state index in [4.69, 9.17) is 4.99 Å². The van der Waals surface area contributed by atoms with Crippen LogP contribution in [-0.4, -0.2) is 78.9 Å². The zero-order valence-corrected chi connectivity index (χ0v) is 14.5. The number of nitrogens with zero attached hydrogens (tertiary/aromatic N) is 4. The first-order valence-corrected chi connectivity index (χ1v) is 8.71. The second-order valence-electron chi connectivity index (χ2n) is 7.12. The fourth-order valence-corrected chi connectivity index (χ4v) is 4.01. The number of likely N-dealkylation sites (tertiary alicyclic amines) is 1. The first-order chi connectivity index (χ1) is 11.6. The molecule has 1 amide bonds. The third-order valence-corrected chi connectivity index (χ3v) is 5.43. The Balaban J connectivity index is 1.53. The zero-order chi connectivity index (χ0) is 16.7.